The molecule has 0 radical (unpaired) electrons. The van der Waals surface area contributed by atoms with E-state index in [4.69, 9.17) is 9.72 Å². The Morgan fingerprint density at radius 1 is 1.03 bits per heavy atom. The van der Waals surface area contributed by atoms with E-state index in [-0.39, 0.29) is 5.56 Å². The molecule has 2 aromatic heterocycles. The first-order valence-electron chi connectivity index (χ1n) is 10.9. The zero-order valence-electron chi connectivity index (χ0n) is 19.2. The molecule has 2 N–H and O–H groups in total. The molecule has 4 aromatic rings. The normalized spacial score (nSPS) is 11.4. The molecule has 168 valence electrons. The number of H-pyrrole nitrogens is 1. The molecule has 33 heavy (non-hydrogen) atoms. The fourth-order valence-corrected chi connectivity index (χ4v) is 3.63. The maximum absolute atomic E-state index is 12.5. The summed E-state index contributed by atoms with van der Waals surface area (Å²) in [6, 6.07) is 19.7. The first-order valence-corrected chi connectivity index (χ1v) is 10.9. The van der Waals surface area contributed by atoms with Crippen molar-refractivity contribution in [3.8, 4) is 22.4 Å². The Labute approximate surface area is 192 Å². The molecule has 4 rings (SSSR count). The van der Waals surface area contributed by atoms with Crippen LogP contribution in [0.2, 0.25) is 0 Å². The summed E-state index contributed by atoms with van der Waals surface area (Å²) in [6.07, 6.45) is 1.24. The van der Waals surface area contributed by atoms with Crippen molar-refractivity contribution in [2.75, 3.05) is 0 Å². The number of aryl methyl sites for hydroxylation is 1. The third-order valence-corrected chi connectivity index (χ3v) is 5.21. The fraction of sp³-hybridized carbons (Fsp3) is 0.222. The minimum absolute atomic E-state index is 0.157. The van der Waals surface area contributed by atoms with Gasteiger partial charge in [0.1, 0.15) is 5.60 Å². The number of benzene rings is 2. The summed E-state index contributed by atoms with van der Waals surface area (Å²) in [5.41, 5.74) is 5.44. The predicted octanol–water partition coefficient (Wildman–Crippen LogP) is 5.59. The number of amides is 1. The van der Waals surface area contributed by atoms with Crippen molar-refractivity contribution in [2.45, 2.75) is 39.8 Å². The molecule has 0 bridgehead atoms. The van der Waals surface area contributed by atoms with Crippen LogP contribution in [0.5, 0.6) is 0 Å². The number of ether oxygens (including phenoxy) is 1. The average molecular weight is 442 g/mol. The monoisotopic (exact) mass is 441 g/mol. The highest BCUT2D eigenvalue weighted by atomic mass is 16.6. The lowest BCUT2D eigenvalue weighted by atomic mass is 9.96. The van der Waals surface area contributed by atoms with Crippen LogP contribution in [0.1, 0.15) is 31.9 Å². The van der Waals surface area contributed by atoms with Gasteiger partial charge in [-0.15, -0.1) is 0 Å². The number of hydrogen-bond acceptors (Lipinski definition) is 4. The number of pyridine rings is 2. The zero-order chi connectivity index (χ0) is 23.6. The highest BCUT2D eigenvalue weighted by Gasteiger charge is 2.16. The van der Waals surface area contributed by atoms with Crippen LogP contribution in [0.4, 0.5) is 4.79 Å². The second kappa shape index (κ2) is 8.90. The molecule has 0 saturated heterocycles. The van der Waals surface area contributed by atoms with E-state index in [1.165, 1.54) is 0 Å². The van der Waals surface area contributed by atoms with Gasteiger partial charge in [-0.05, 0) is 50.5 Å². The third-order valence-electron chi connectivity index (χ3n) is 5.21. The summed E-state index contributed by atoms with van der Waals surface area (Å²) in [6.45, 7) is 7.79. The lowest BCUT2D eigenvalue weighted by Crippen LogP contribution is -2.32. The van der Waals surface area contributed by atoms with E-state index in [1.54, 1.807) is 6.20 Å². The van der Waals surface area contributed by atoms with E-state index in [9.17, 15) is 9.59 Å². The van der Waals surface area contributed by atoms with Crippen LogP contribution in [0.15, 0.2) is 71.7 Å². The third kappa shape index (κ3) is 5.12. The quantitative estimate of drug-likeness (QED) is 0.432. The summed E-state index contributed by atoms with van der Waals surface area (Å²) in [5, 5.41) is 3.34. The number of carbonyl (C=O) groups is 1. The fourth-order valence-electron chi connectivity index (χ4n) is 3.63. The molecular formula is C27H27N3O3. The van der Waals surface area contributed by atoms with Gasteiger partial charge in [-0.3, -0.25) is 4.79 Å². The van der Waals surface area contributed by atoms with Gasteiger partial charge in [-0.25, -0.2) is 9.78 Å². The molecule has 0 atom stereocenters. The number of rotatable bonds is 4. The summed E-state index contributed by atoms with van der Waals surface area (Å²) in [4.78, 5) is 32.1. The SMILES string of the molecule is Cc1c[nH]c(=O)c2cc(-c3ccccc3)c(-c3ccc(CNC(=O)OC(C)(C)C)cc3)nc12. The van der Waals surface area contributed by atoms with Gasteiger partial charge in [0.2, 0.25) is 0 Å². The molecule has 0 aliphatic heterocycles. The van der Waals surface area contributed by atoms with E-state index in [0.29, 0.717) is 17.4 Å². The van der Waals surface area contributed by atoms with E-state index >= 15 is 0 Å². The number of alkyl carbamates (subject to hydrolysis) is 1. The van der Waals surface area contributed by atoms with Crippen molar-refractivity contribution in [2.24, 2.45) is 0 Å². The molecule has 2 heterocycles. The molecule has 0 aliphatic rings. The van der Waals surface area contributed by atoms with Crippen molar-refractivity contribution in [1.29, 1.82) is 0 Å². The second-order valence-electron chi connectivity index (χ2n) is 9.00. The number of hydrogen-bond donors (Lipinski definition) is 2. The number of carbonyl (C=O) groups excluding carboxylic acids is 1. The van der Waals surface area contributed by atoms with Gasteiger partial charge in [-0.1, -0.05) is 54.6 Å². The largest absolute Gasteiger partial charge is 0.444 e. The molecule has 6 heteroatoms. The molecule has 0 spiro atoms. The highest BCUT2D eigenvalue weighted by Crippen LogP contribution is 2.33. The van der Waals surface area contributed by atoms with Crippen molar-refractivity contribution in [3.63, 3.8) is 0 Å². The highest BCUT2D eigenvalue weighted by molar-refractivity contribution is 5.92. The molecule has 0 fully saturated rings. The Morgan fingerprint density at radius 2 is 1.73 bits per heavy atom. The smallest absolute Gasteiger partial charge is 0.407 e. The molecule has 0 saturated carbocycles. The Bertz CT molecular complexity index is 1350. The maximum Gasteiger partial charge on any atom is 0.407 e. The van der Waals surface area contributed by atoms with Crippen LogP contribution in [0.3, 0.4) is 0 Å². The molecule has 6 nitrogen and oxygen atoms in total. The molecule has 0 aliphatic carbocycles. The summed E-state index contributed by atoms with van der Waals surface area (Å²) in [5.74, 6) is 0. The van der Waals surface area contributed by atoms with E-state index in [1.807, 2.05) is 88.4 Å². The summed E-state index contributed by atoms with van der Waals surface area (Å²) < 4.78 is 5.29. The Balaban J connectivity index is 1.71. The van der Waals surface area contributed by atoms with Gasteiger partial charge in [0.15, 0.2) is 0 Å². The molecule has 0 unspecified atom stereocenters. The molecular weight excluding hydrogens is 414 g/mol. The van der Waals surface area contributed by atoms with Crippen molar-refractivity contribution in [1.82, 2.24) is 15.3 Å². The second-order valence-corrected chi connectivity index (χ2v) is 9.00. The number of aromatic amines is 1. The van der Waals surface area contributed by atoms with E-state index < -0.39 is 11.7 Å². The predicted molar refractivity (Wildman–Crippen MR) is 131 cm³/mol. The number of fused-ring (bicyclic) bond motifs is 1. The first-order chi connectivity index (χ1) is 15.7. The van der Waals surface area contributed by atoms with Crippen molar-refractivity contribution in [3.05, 3.63) is 88.3 Å². The van der Waals surface area contributed by atoms with Crippen LogP contribution < -0.4 is 10.9 Å². The Morgan fingerprint density at radius 3 is 2.39 bits per heavy atom. The average Bonchev–Trinajstić information content (AvgIpc) is 2.79. The Hall–Kier alpha value is -3.93. The minimum Gasteiger partial charge on any atom is -0.444 e. The Kier molecular flexibility index (Phi) is 6.01. The van der Waals surface area contributed by atoms with Crippen LogP contribution in [-0.2, 0) is 11.3 Å². The van der Waals surface area contributed by atoms with Gasteiger partial charge >= 0.3 is 6.09 Å². The van der Waals surface area contributed by atoms with E-state index in [2.05, 4.69) is 10.3 Å². The lowest BCUT2D eigenvalue weighted by molar-refractivity contribution is 0.0523. The maximum atomic E-state index is 12.5. The molecule has 2 aromatic carbocycles. The minimum atomic E-state index is -0.538. The van der Waals surface area contributed by atoms with E-state index in [0.717, 1.165) is 33.5 Å². The number of nitrogens with one attached hydrogen (secondary N) is 2. The van der Waals surface area contributed by atoms with Gasteiger partial charge in [-0.2, -0.15) is 0 Å². The number of nitrogens with zero attached hydrogens (tertiary/aromatic N) is 1. The lowest BCUT2D eigenvalue weighted by Gasteiger charge is -2.19. The topological polar surface area (TPSA) is 84.1 Å². The van der Waals surface area contributed by atoms with Gasteiger partial charge in [0.05, 0.1) is 16.6 Å². The van der Waals surface area contributed by atoms with Gasteiger partial charge < -0.3 is 15.0 Å². The van der Waals surface area contributed by atoms with Crippen LogP contribution in [0, 0.1) is 6.92 Å². The van der Waals surface area contributed by atoms with Crippen molar-refractivity contribution >= 4 is 17.0 Å². The standard InChI is InChI=1S/C27H27N3O3/c1-17-15-28-25(31)22-14-21(19-8-6-5-7-9-19)24(30-23(17)22)20-12-10-18(11-13-20)16-29-26(32)33-27(2,3)4/h5-15H,16H2,1-4H3,(H,28,31)(H,29,32). The van der Waals surface area contributed by atoms with Gasteiger partial charge in [0, 0.05) is 23.9 Å². The van der Waals surface area contributed by atoms with Crippen LogP contribution in [-0.4, -0.2) is 21.7 Å². The zero-order valence-corrected chi connectivity index (χ0v) is 19.2. The van der Waals surface area contributed by atoms with Gasteiger partial charge in [0.25, 0.3) is 5.56 Å². The number of aromatic nitrogens is 2. The molecule has 1 amide bonds. The van der Waals surface area contributed by atoms with Crippen LogP contribution >= 0.6 is 0 Å². The summed E-state index contributed by atoms with van der Waals surface area (Å²) in [7, 11) is 0. The van der Waals surface area contributed by atoms with Crippen molar-refractivity contribution < 1.29 is 9.53 Å². The first kappa shape index (κ1) is 22.3. The summed E-state index contributed by atoms with van der Waals surface area (Å²) >= 11 is 0. The van der Waals surface area contributed by atoms with Crippen LogP contribution in [0.25, 0.3) is 33.3 Å².